The van der Waals surface area contributed by atoms with Crippen LogP contribution in [-0.4, -0.2) is 56.7 Å². The van der Waals surface area contributed by atoms with Gasteiger partial charge < -0.3 is 15.4 Å². The Morgan fingerprint density at radius 1 is 1.32 bits per heavy atom. The maximum Gasteiger partial charge on any atom is 0.239 e. The van der Waals surface area contributed by atoms with Crippen LogP contribution in [0.2, 0.25) is 5.02 Å². The summed E-state index contributed by atoms with van der Waals surface area (Å²) >= 11 is 6.21. The number of ether oxygens (including phenoxy) is 1. The predicted octanol–water partition coefficient (Wildman–Crippen LogP) is 1.82. The van der Waals surface area contributed by atoms with E-state index in [4.69, 9.17) is 16.3 Å². The Morgan fingerprint density at radius 2 is 2.05 bits per heavy atom. The lowest BCUT2D eigenvalue weighted by molar-refractivity contribution is -0.119. The number of amides is 1. The third kappa shape index (κ3) is 5.16. The number of carbonyl (C=O) groups is 1. The second-order valence-electron chi connectivity index (χ2n) is 5.60. The average molecular weight is 326 g/mol. The van der Waals surface area contributed by atoms with Gasteiger partial charge in [-0.05, 0) is 31.0 Å². The Morgan fingerprint density at radius 3 is 2.73 bits per heavy atom. The molecule has 1 heterocycles. The summed E-state index contributed by atoms with van der Waals surface area (Å²) < 4.78 is 5.29. The zero-order chi connectivity index (χ0) is 15.9. The fourth-order valence-corrected chi connectivity index (χ4v) is 2.94. The van der Waals surface area contributed by atoms with E-state index in [0.29, 0.717) is 11.6 Å². The molecule has 2 N–H and O–H groups in total. The molecular weight excluding hydrogens is 302 g/mol. The molecule has 0 unspecified atom stereocenters. The van der Waals surface area contributed by atoms with Crippen LogP contribution >= 0.6 is 11.6 Å². The average Bonchev–Trinajstić information content (AvgIpc) is 2.47. The molecule has 0 radical (unpaired) electrons. The zero-order valence-corrected chi connectivity index (χ0v) is 14.0. The first-order chi connectivity index (χ1) is 10.6. The van der Waals surface area contributed by atoms with Crippen molar-refractivity contribution < 1.29 is 9.53 Å². The fraction of sp³-hybridized carbons (Fsp3) is 0.562. The number of morpholine rings is 1. The summed E-state index contributed by atoms with van der Waals surface area (Å²) in [7, 11) is 0. The van der Waals surface area contributed by atoms with E-state index in [2.05, 4.69) is 15.5 Å². The SMILES string of the molecule is Cc1cc(C)c(NCC(=O)NCCN2CCOCC2)c(Cl)c1. The summed E-state index contributed by atoms with van der Waals surface area (Å²) in [5.41, 5.74) is 2.99. The van der Waals surface area contributed by atoms with E-state index in [0.717, 1.165) is 49.7 Å². The molecule has 1 aromatic carbocycles. The molecule has 0 bridgehead atoms. The van der Waals surface area contributed by atoms with Crippen LogP contribution in [0.5, 0.6) is 0 Å². The first kappa shape index (κ1) is 17.1. The lowest BCUT2D eigenvalue weighted by atomic mass is 10.1. The van der Waals surface area contributed by atoms with Gasteiger partial charge in [0, 0.05) is 26.2 Å². The molecule has 1 aliphatic rings. The summed E-state index contributed by atoms with van der Waals surface area (Å²) in [6.07, 6.45) is 0. The maximum atomic E-state index is 11.9. The largest absolute Gasteiger partial charge is 0.379 e. The van der Waals surface area contributed by atoms with Crippen molar-refractivity contribution in [3.8, 4) is 0 Å². The molecule has 0 atom stereocenters. The number of halogens is 1. The number of hydrogen-bond acceptors (Lipinski definition) is 4. The first-order valence-electron chi connectivity index (χ1n) is 7.63. The van der Waals surface area contributed by atoms with Gasteiger partial charge in [-0.1, -0.05) is 17.7 Å². The van der Waals surface area contributed by atoms with Gasteiger partial charge in [-0.25, -0.2) is 0 Å². The summed E-state index contributed by atoms with van der Waals surface area (Å²) in [5.74, 6) is -0.0238. The van der Waals surface area contributed by atoms with E-state index in [9.17, 15) is 4.79 Å². The van der Waals surface area contributed by atoms with Crippen molar-refractivity contribution in [1.82, 2.24) is 10.2 Å². The van der Waals surface area contributed by atoms with Crippen molar-refractivity contribution in [3.63, 3.8) is 0 Å². The van der Waals surface area contributed by atoms with Crippen LogP contribution < -0.4 is 10.6 Å². The molecule has 1 aromatic rings. The summed E-state index contributed by atoms with van der Waals surface area (Å²) in [6.45, 7) is 9.16. The van der Waals surface area contributed by atoms with Crippen LogP contribution in [0.4, 0.5) is 5.69 Å². The maximum absolute atomic E-state index is 11.9. The number of carbonyl (C=O) groups excluding carboxylic acids is 1. The summed E-state index contributed by atoms with van der Waals surface area (Å²) in [5, 5.41) is 6.69. The zero-order valence-electron chi connectivity index (χ0n) is 13.2. The van der Waals surface area contributed by atoms with Gasteiger partial charge in [0.25, 0.3) is 0 Å². The molecule has 22 heavy (non-hydrogen) atoms. The number of rotatable bonds is 6. The highest BCUT2D eigenvalue weighted by Crippen LogP contribution is 2.26. The Balaban J connectivity index is 1.71. The normalized spacial score (nSPS) is 15.6. The number of hydrogen-bond donors (Lipinski definition) is 2. The van der Waals surface area contributed by atoms with Gasteiger partial charge in [0.1, 0.15) is 0 Å². The minimum atomic E-state index is -0.0238. The second-order valence-corrected chi connectivity index (χ2v) is 6.00. The third-order valence-corrected chi connectivity index (χ3v) is 4.01. The molecule has 5 nitrogen and oxygen atoms in total. The monoisotopic (exact) mass is 325 g/mol. The van der Waals surface area contributed by atoms with Gasteiger partial charge in [-0.2, -0.15) is 0 Å². The highest BCUT2D eigenvalue weighted by molar-refractivity contribution is 6.33. The van der Waals surface area contributed by atoms with E-state index in [1.807, 2.05) is 26.0 Å². The van der Waals surface area contributed by atoms with E-state index in [-0.39, 0.29) is 12.5 Å². The summed E-state index contributed by atoms with van der Waals surface area (Å²) in [4.78, 5) is 14.2. The van der Waals surface area contributed by atoms with Crippen molar-refractivity contribution >= 4 is 23.2 Å². The minimum Gasteiger partial charge on any atom is -0.379 e. The first-order valence-corrected chi connectivity index (χ1v) is 8.01. The molecule has 1 fully saturated rings. The molecule has 1 saturated heterocycles. The number of benzene rings is 1. The van der Waals surface area contributed by atoms with E-state index < -0.39 is 0 Å². The van der Waals surface area contributed by atoms with Crippen LogP contribution in [0, 0.1) is 13.8 Å². The minimum absolute atomic E-state index is 0.0238. The Kier molecular flexibility index (Phi) is 6.49. The van der Waals surface area contributed by atoms with Crippen molar-refractivity contribution in [1.29, 1.82) is 0 Å². The Bertz CT molecular complexity index is 493. The van der Waals surface area contributed by atoms with Gasteiger partial charge in [0.2, 0.25) is 5.91 Å². The van der Waals surface area contributed by atoms with Crippen molar-refractivity contribution in [2.75, 3.05) is 51.3 Å². The summed E-state index contributed by atoms with van der Waals surface area (Å²) in [6, 6.07) is 3.94. The molecule has 122 valence electrons. The van der Waals surface area contributed by atoms with E-state index in [1.54, 1.807) is 0 Å². The van der Waals surface area contributed by atoms with Gasteiger partial charge in [0.05, 0.1) is 30.5 Å². The van der Waals surface area contributed by atoms with Gasteiger partial charge in [0.15, 0.2) is 0 Å². The predicted molar refractivity (Wildman–Crippen MR) is 89.7 cm³/mol. The van der Waals surface area contributed by atoms with E-state index >= 15 is 0 Å². The smallest absolute Gasteiger partial charge is 0.239 e. The lowest BCUT2D eigenvalue weighted by Gasteiger charge is -2.26. The number of nitrogens with zero attached hydrogens (tertiary/aromatic N) is 1. The van der Waals surface area contributed by atoms with Crippen LogP contribution in [0.15, 0.2) is 12.1 Å². The fourth-order valence-electron chi connectivity index (χ4n) is 2.55. The third-order valence-electron chi connectivity index (χ3n) is 3.71. The van der Waals surface area contributed by atoms with Crippen LogP contribution in [-0.2, 0) is 9.53 Å². The Labute approximate surface area is 137 Å². The molecule has 0 aliphatic carbocycles. The standard InChI is InChI=1S/C16H24ClN3O2/c1-12-9-13(2)16(14(17)10-12)19-11-15(21)18-3-4-20-5-7-22-8-6-20/h9-10,19H,3-8,11H2,1-2H3,(H,18,21). The van der Waals surface area contributed by atoms with Gasteiger partial charge in [-0.15, -0.1) is 0 Å². The van der Waals surface area contributed by atoms with Crippen molar-refractivity contribution in [2.24, 2.45) is 0 Å². The topological polar surface area (TPSA) is 53.6 Å². The molecule has 0 saturated carbocycles. The molecule has 2 rings (SSSR count). The van der Waals surface area contributed by atoms with Gasteiger partial charge in [-0.3, -0.25) is 9.69 Å². The number of anilines is 1. The van der Waals surface area contributed by atoms with Gasteiger partial charge >= 0.3 is 0 Å². The quantitative estimate of drug-likeness (QED) is 0.837. The van der Waals surface area contributed by atoms with Crippen molar-refractivity contribution in [2.45, 2.75) is 13.8 Å². The molecule has 0 aromatic heterocycles. The Hall–Kier alpha value is -1.30. The van der Waals surface area contributed by atoms with Crippen LogP contribution in [0.25, 0.3) is 0 Å². The van der Waals surface area contributed by atoms with Crippen molar-refractivity contribution in [3.05, 3.63) is 28.3 Å². The molecule has 1 aliphatic heterocycles. The molecule has 6 heteroatoms. The van der Waals surface area contributed by atoms with Crippen LogP contribution in [0.3, 0.4) is 0 Å². The van der Waals surface area contributed by atoms with Crippen LogP contribution in [0.1, 0.15) is 11.1 Å². The lowest BCUT2D eigenvalue weighted by Crippen LogP contribution is -2.42. The molecule has 1 amide bonds. The molecule has 0 spiro atoms. The number of aryl methyl sites for hydroxylation is 2. The highest BCUT2D eigenvalue weighted by Gasteiger charge is 2.11. The molecular formula is C16H24ClN3O2. The number of nitrogens with one attached hydrogen (secondary N) is 2. The van der Waals surface area contributed by atoms with E-state index in [1.165, 1.54) is 0 Å². The second kappa shape index (κ2) is 8.36. The highest BCUT2D eigenvalue weighted by atomic mass is 35.5.